The van der Waals surface area contributed by atoms with Gasteiger partial charge in [-0.2, -0.15) is 0 Å². The lowest BCUT2D eigenvalue weighted by Crippen LogP contribution is -2.33. The van der Waals surface area contributed by atoms with E-state index in [-0.39, 0.29) is 11.2 Å². The molecule has 4 atom stereocenters. The lowest BCUT2D eigenvalue weighted by molar-refractivity contribution is -0.0548. The number of H-pyrrole nitrogens is 1. The molecule has 0 aliphatic carbocycles. The van der Waals surface area contributed by atoms with Crippen LogP contribution in [0.1, 0.15) is 6.23 Å². The summed E-state index contributed by atoms with van der Waals surface area (Å²) in [6.45, 7) is -0.427. The molecular formula is C11H14N4O5S. The number of fused-ring (bicyclic) bond motifs is 1. The highest BCUT2D eigenvalue weighted by atomic mass is 32.2. The van der Waals surface area contributed by atoms with Crippen LogP contribution in [-0.4, -0.2) is 66.0 Å². The predicted molar refractivity (Wildman–Crippen MR) is 72.9 cm³/mol. The number of nitrogens with zero attached hydrogens (tertiary/aromatic N) is 3. The van der Waals surface area contributed by atoms with Crippen LogP contribution in [0, 0.1) is 0 Å². The van der Waals surface area contributed by atoms with Gasteiger partial charge in [-0.15, -0.1) is 0 Å². The average molecular weight is 314 g/mol. The number of hydrogen-bond donors (Lipinski definition) is 4. The molecule has 0 unspecified atom stereocenters. The Bertz CT molecular complexity index is 716. The quantitative estimate of drug-likeness (QED) is 0.501. The first-order valence-electron chi connectivity index (χ1n) is 6.20. The Hall–Kier alpha value is -1.46. The number of thioether (sulfide) groups is 1. The van der Waals surface area contributed by atoms with Crippen molar-refractivity contribution in [3.63, 3.8) is 0 Å². The molecule has 10 heteroatoms. The van der Waals surface area contributed by atoms with Crippen molar-refractivity contribution in [2.45, 2.75) is 29.7 Å². The molecule has 0 bridgehead atoms. The van der Waals surface area contributed by atoms with Crippen molar-refractivity contribution < 1.29 is 20.1 Å². The normalized spacial score (nSPS) is 29.3. The summed E-state index contributed by atoms with van der Waals surface area (Å²) in [6, 6.07) is 0. The summed E-state index contributed by atoms with van der Waals surface area (Å²) in [5, 5.41) is 29.6. The zero-order valence-corrected chi connectivity index (χ0v) is 11.8. The van der Waals surface area contributed by atoms with Gasteiger partial charge in [-0.25, -0.2) is 9.97 Å². The van der Waals surface area contributed by atoms with Gasteiger partial charge in [0.15, 0.2) is 22.5 Å². The number of aliphatic hydroxyl groups excluding tert-OH is 3. The third-order valence-electron chi connectivity index (χ3n) is 3.41. The molecule has 21 heavy (non-hydrogen) atoms. The summed E-state index contributed by atoms with van der Waals surface area (Å²) in [6.07, 6.45) is -1.37. The van der Waals surface area contributed by atoms with E-state index >= 15 is 0 Å². The van der Waals surface area contributed by atoms with E-state index in [1.807, 2.05) is 0 Å². The molecule has 1 aliphatic rings. The highest BCUT2D eigenvalue weighted by molar-refractivity contribution is 7.98. The van der Waals surface area contributed by atoms with Crippen LogP contribution in [0.3, 0.4) is 0 Å². The van der Waals surface area contributed by atoms with Gasteiger partial charge in [0.25, 0.3) is 5.56 Å². The molecule has 3 rings (SSSR count). The molecule has 0 saturated carbocycles. The van der Waals surface area contributed by atoms with Gasteiger partial charge in [-0.05, 0) is 6.26 Å². The lowest BCUT2D eigenvalue weighted by atomic mass is 10.1. The Kier molecular flexibility index (Phi) is 3.71. The van der Waals surface area contributed by atoms with Gasteiger partial charge in [-0.3, -0.25) is 9.36 Å². The van der Waals surface area contributed by atoms with Gasteiger partial charge in [0.2, 0.25) is 0 Å². The van der Waals surface area contributed by atoms with E-state index < -0.39 is 36.7 Å². The minimum Gasteiger partial charge on any atom is -0.394 e. The molecule has 0 spiro atoms. The molecule has 9 nitrogen and oxygen atoms in total. The zero-order valence-electron chi connectivity index (χ0n) is 11.0. The monoisotopic (exact) mass is 314 g/mol. The van der Waals surface area contributed by atoms with E-state index in [0.29, 0.717) is 5.16 Å². The number of aliphatic hydroxyl groups is 3. The second kappa shape index (κ2) is 5.39. The molecule has 0 radical (unpaired) electrons. The van der Waals surface area contributed by atoms with Crippen LogP contribution in [-0.2, 0) is 4.74 Å². The Morgan fingerprint density at radius 2 is 2.24 bits per heavy atom. The first-order chi connectivity index (χ1) is 10.1. The van der Waals surface area contributed by atoms with E-state index in [0.717, 1.165) is 0 Å². The molecule has 114 valence electrons. The van der Waals surface area contributed by atoms with Crippen LogP contribution in [0.5, 0.6) is 0 Å². The molecule has 4 N–H and O–H groups in total. The van der Waals surface area contributed by atoms with Crippen molar-refractivity contribution in [2.24, 2.45) is 0 Å². The van der Waals surface area contributed by atoms with E-state index in [9.17, 15) is 15.0 Å². The Morgan fingerprint density at radius 3 is 2.86 bits per heavy atom. The summed E-state index contributed by atoms with van der Waals surface area (Å²) < 4.78 is 6.93. The largest absolute Gasteiger partial charge is 0.394 e. The number of hydrogen-bond acceptors (Lipinski definition) is 8. The molecule has 0 amide bonds. The van der Waals surface area contributed by atoms with E-state index in [1.165, 1.54) is 22.7 Å². The molecule has 1 aliphatic heterocycles. The molecule has 2 aromatic rings. The van der Waals surface area contributed by atoms with E-state index in [1.54, 1.807) is 6.26 Å². The Morgan fingerprint density at radius 1 is 1.48 bits per heavy atom. The van der Waals surface area contributed by atoms with Crippen LogP contribution >= 0.6 is 11.8 Å². The maximum Gasteiger partial charge on any atom is 0.278 e. The summed E-state index contributed by atoms with van der Waals surface area (Å²) >= 11 is 1.25. The minimum atomic E-state index is -1.26. The van der Waals surface area contributed by atoms with Crippen molar-refractivity contribution >= 4 is 22.9 Å². The third-order valence-corrected chi connectivity index (χ3v) is 4.06. The summed E-state index contributed by atoms with van der Waals surface area (Å²) in [4.78, 5) is 22.4. The number of aromatic nitrogens is 4. The maximum absolute atomic E-state index is 11.8. The molecular weight excluding hydrogens is 300 g/mol. The smallest absolute Gasteiger partial charge is 0.278 e. The second-order valence-electron chi connectivity index (χ2n) is 4.60. The topological polar surface area (TPSA) is 133 Å². The van der Waals surface area contributed by atoms with Crippen LogP contribution in [0.25, 0.3) is 11.2 Å². The standard InChI is InChI=1S/C11H14N4O5S/c1-21-11-14-5-8(12-3-13-9(5)19)15(11)10-7(18)6(17)4(2-16)20-10/h3-4,6-7,10,16-18H,2H2,1H3,(H,12,13,19)/t4-,6-,7-,10+/m0/s1. The number of nitrogens with one attached hydrogen (secondary N) is 1. The predicted octanol–water partition coefficient (Wildman–Crippen LogP) is -1.55. The average Bonchev–Trinajstić information content (AvgIpc) is 2.99. The van der Waals surface area contributed by atoms with Crippen LogP contribution in [0.4, 0.5) is 0 Å². The van der Waals surface area contributed by atoms with Crippen LogP contribution < -0.4 is 5.56 Å². The van der Waals surface area contributed by atoms with Crippen molar-refractivity contribution in [3.05, 3.63) is 16.7 Å². The molecule has 1 saturated heterocycles. The van der Waals surface area contributed by atoms with Gasteiger partial charge >= 0.3 is 0 Å². The first kappa shape index (κ1) is 14.5. The summed E-state index contributed by atoms with van der Waals surface area (Å²) in [5.41, 5.74) is -0.0293. The van der Waals surface area contributed by atoms with Gasteiger partial charge in [0.1, 0.15) is 18.3 Å². The summed E-state index contributed by atoms with van der Waals surface area (Å²) in [7, 11) is 0. The molecule has 3 heterocycles. The SMILES string of the molecule is CSc1nc2c(=O)[nH]cnc2n1[C@@H]1O[C@@H](CO)[C@H](O)[C@@H]1O. The molecule has 1 fully saturated rings. The van der Waals surface area contributed by atoms with Crippen LogP contribution in [0.2, 0.25) is 0 Å². The van der Waals surface area contributed by atoms with Crippen molar-refractivity contribution in [2.75, 3.05) is 12.9 Å². The molecule has 0 aromatic carbocycles. The highest BCUT2D eigenvalue weighted by Crippen LogP contribution is 2.34. The van der Waals surface area contributed by atoms with Gasteiger partial charge < -0.3 is 25.0 Å². The van der Waals surface area contributed by atoms with Crippen molar-refractivity contribution in [3.8, 4) is 0 Å². The maximum atomic E-state index is 11.8. The third kappa shape index (κ3) is 2.15. The fraction of sp³-hybridized carbons (Fsp3) is 0.545. The number of ether oxygens (including phenoxy) is 1. The lowest BCUT2D eigenvalue weighted by Gasteiger charge is -2.18. The van der Waals surface area contributed by atoms with Gasteiger partial charge in [0, 0.05) is 0 Å². The van der Waals surface area contributed by atoms with Crippen molar-refractivity contribution in [1.82, 2.24) is 19.5 Å². The van der Waals surface area contributed by atoms with Crippen molar-refractivity contribution in [1.29, 1.82) is 0 Å². The second-order valence-corrected chi connectivity index (χ2v) is 5.37. The highest BCUT2D eigenvalue weighted by Gasteiger charge is 2.44. The fourth-order valence-corrected chi connectivity index (χ4v) is 2.94. The van der Waals surface area contributed by atoms with Crippen LogP contribution in [0.15, 0.2) is 16.3 Å². The Labute approximate surface area is 122 Å². The fourth-order valence-electron chi connectivity index (χ4n) is 2.37. The zero-order chi connectivity index (χ0) is 15.1. The molecule has 2 aromatic heterocycles. The number of aromatic amines is 1. The minimum absolute atomic E-state index is 0.125. The van der Waals surface area contributed by atoms with E-state index in [4.69, 9.17) is 9.84 Å². The van der Waals surface area contributed by atoms with Gasteiger partial charge in [-0.1, -0.05) is 11.8 Å². The Balaban J connectivity index is 2.16. The first-order valence-corrected chi connectivity index (χ1v) is 7.43. The number of rotatable bonds is 3. The summed E-state index contributed by atoms with van der Waals surface area (Å²) in [5.74, 6) is 0. The number of imidazole rings is 1. The van der Waals surface area contributed by atoms with E-state index in [2.05, 4.69) is 15.0 Å². The van der Waals surface area contributed by atoms with Gasteiger partial charge in [0.05, 0.1) is 12.9 Å².